The van der Waals surface area contributed by atoms with Gasteiger partial charge in [0.15, 0.2) is 0 Å². The van der Waals surface area contributed by atoms with E-state index in [1.165, 1.54) is 0 Å². The number of fused-ring (bicyclic) bond motifs is 1. The van der Waals surface area contributed by atoms with Gasteiger partial charge in [-0.3, -0.25) is 15.6 Å². The SMILES string of the molecule is COCCOCCOC(=O)Cc1c(-c2ccc(C(=N)N)cc2)[nH]c2cc(C(=N)N)ccc12. The lowest BCUT2D eigenvalue weighted by Crippen LogP contribution is -2.14. The smallest absolute Gasteiger partial charge is 0.310 e. The van der Waals surface area contributed by atoms with Crippen molar-refractivity contribution in [1.82, 2.24) is 4.98 Å². The molecule has 0 fully saturated rings. The minimum atomic E-state index is -0.376. The molecule has 0 radical (unpaired) electrons. The minimum Gasteiger partial charge on any atom is -0.463 e. The summed E-state index contributed by atoms with van der Waals surface area (Å²) in [7, 11) is 1.59. The van der Waals surface area contributed by atoms with Gasteiger partial charge in [-0.1, -0.05) is 36.4 Å². The van der Waals surface area contributed by atoms with E-state index in [1.807, 2.05) is 18.2 Å². The Morgan fingerprint density at radius 1 is 0.938 bits per heavy atom. The second-order valence-corrected chi connectivity index (χ2v) is 7.15. The largest absolute Gasteiger partial charge is 0.463 e. The number of nitrogen functional groups attached to an aromatic ring is 2. The van der Waals surface area contributed by atoms with Gasteiger partial charge in [0.05, 0.1) is 31.9 Å². The quantitative estimate of drug-likeness (QED) is 0.134. The zero-order valence-electron chi connectivity index (χ0n) is 17.9. The van der Waals surface area contributed by atoms with Crippen LogP contribution in [0.5, 0.6) is 0 Å². The summed E-state index contributed by atoms with van der Waals surface area (Å²) < 4.78 is 15.6. The Bertz CT molecular complexity index is 1120. The first-order valence-electron chi connectivity index (χ1n) is 10.1. The van der Waals surface area contributed by atoms with Gasteiger partial charge in [-0.05, 0) is 17.2 Å². The highest BCUT2D eigenvalue weighted by Gasteiger charge is 2.18. The maximum Gasteiger partial charge on any atom is 0.310 e. The Labute approximate surface area is 185 Å². The number of aromatic amines is 1. The van der Waals surface area contributed by atoms with Crippen molar-refractivity contribution in [1.29, 1.82) is 10.8 Å². The van der Waals surface area contributed by atoms with Crippen LogP contribution in [0.3, 0.4) is 0 Å². The molecule has 32 heavy (non-hydrogen) atoms. The Morgan fingerprint density at radius 2 is 1.59 bits per heavy atom. The zero-order chi connectivity index (χ0) is 23.1. The van der Waals surface area contributed by atoms with Crippen LogP contribution in [0.1, 0.15) is 16.7 Å². The van der Waals surface area contributed by atoms with Gasteiger partial charge in [0.2, 0.25) is 0 Å². The number of amidine groups is 2. The van der Waals surface area contributed by atoms with E-state index in [9.17, 15) is 4.79 Å². The molecular formula is C23H27N5O4. The molecule has 0 bridgehead atoms. The fourth-order valence-electron chi connectivity index (χ4n) is 3.32. The number of hydrogen-bond acceptors (Lipinski definition) is 6. The predicted molar refractivity (Wildman–Crippen MR) is 123 cm³/mol. The van der Waals surface area contributed by atoms with Gasteiger partial charge in [0.25, 0.3) is 0 Å². The average molecular weight is 438 g/mol. The molecule has 168 valence electrons. The second kappa shape index (κ2) is 10.6. The molecule has 0 saturated heterocycles. The standard InChI is InChI=1S/C23H27N5O4/c1-30-8-9-31-10-11-32-20(29)13-18-17-7-6-16(23(26)27)12-19(17)28-21(18)14-2-4-15(5-3-14)22(24)25/h2-7,12,28H,8-11,13H2,1H3,(H3,24,25)(H3,26,27). The number of methoxy groups -OCH3 is 1. The van der Waals surface area contributed by atoms with Crippen LogP contribution in [-0.2, 0) is 25.4 Å². The van der Waals surface area contributed by atoms with E-state index in [0.717, 1.165) is 27.7 Å². The van der Waals surface area contributed by atoms with Crippen LogP contribution in [0.15, 0.2) is 42.5 Å². The molecule has 0 saturated carbocycles. The zero-order valence-corrected chi connectivity index (χ0v) is 17.9. The molecule has 9 heteroatoms. The topological polar surface area (TPSA) is 160 Å². The van der Waals surface area contributed by atoms with Gasteiger partial charge in [-0.2, -0.15) is 0 Å². The number of ether oxygens (including phenoxy) is 3. The van der Waals surface area contributed by atoms with Crippen LogP contribution < -0.4 is 11.5 Å². The molecule has 0 aliphatic carbocycles. The monoisotopic (exact) mass is 437 g/mol. The maximum atomic E-state index is 12.5. The molecule has 3 rings (SSSR count). The van der Waals surface area contributed by atoms with Crippen LogP contribution in [0.4, 0.5) is 0 Å². The van der Waals surface area contributed by atoms with Crippen molar-refractivity contribution in [3.63, 3.8) is 0 Å². The van der Waals surface area contributed by atoms with Gasteiger partial charge in [0.1, 0.15) is 18.3 Å². The summed E-state index contributed by atoms with van der Waals surface area (Å²) in [6, 6.07) is 12.6. The lowest BCUT2D eigenvalue weighted by Gasteiger charge is -2.08. The van der Waals surface area contributed by atoms with E-state index < -0.39 is 0 Å². The van der Waals surface area contributed by atoms with Gasteiger partial charge in [-0.15, -0.1) is 0 Å². The second-order valence-electron chi connectivity index (χ2n) is 7.15. The third kappa shape index (κ3) is 5.51. The third-order valence-corrected chi connectivity index (χ3v) is 4.95. The van der Waals surface area contributed by atoms with Crippen molar-refractivity contribution < 1.29 is 19.0 Å². The first-order valence-corrected chi connectivity index (χ1v) is 10.1. The lowest BCUT2D eigenvalue weighted by atomic mass is 10.0. The number of nitrogens with two attached hydrogens (primary N) is 2. The van der Waals surface area contributed by atoms with E-state index in [2.05, 4.69) is 4.98 Å². The molecule has 1 heterocycles. The number of H-pyrrole nitrogens is 1. The van der Waals surface area contributed by atoms with Gasteiger partial charge < -0.3 is 30.7 Å². The number of rotatable bonds is 11. The molecule has 0 atom stereocenters. The van der Waals surface area contributed by atoms with Crippen molar-refractivity contribution in [3.05, 3.63) is 59.2 Å². The summed E-state index contributed by atoms with van der Waals surface area (Å²) in [5.74, 6) is -0.433. The molecule has 0 amide bonds. The molecule has 0 unspecified atom stereocenters. The molecule has 1 aromatic heterocycles. The van der Waals surface area contributed by atoms with Crippen molar-refractivity contribution in [2.75, 3.05) is 33.5 Å². The summed E-state index contributed by atoms with van der Waals surface area (Å²) >= 11 is 0. The summed E-state index contributed by atoms with van der Waals surface area (Å²) in [4.78, 5) is 15.9. The molecule has 9 nitrogen and oxygen atoms in total. The van der Waals surface area contributed by atoms with E-state index in [1.54, 1.807) is 31.4 Å². The van der Waals surface area contributed by atoms with Gasteiger partial charge in [0, 0.05) is 29.1 Å². The predicted octanol–water partition coefficient (Wildman–Crippen LogP) is 2.15. The molecule has 0 spiro atoms. The highest BCUT2D eigenvalue weighted by Crippen LogP contribution is 2.32. The van der Waals surface area contributed by atoms with Gasteiger partial charge >= 0.3 is 5.97 Å². The van der Waals surface area contributed by atoms with Crippen LogP contribution in [0.25, 0.3) is 22.2 Å². The summed E-state index contributed by atoms with van der Waals surface area (Å²) in [6.07, 6.45) is 0.0568. The lowest BCUT2D eigenvalue weighted by molar-refractivity contribution is -0.144. The Hall–Kier alpha value is -3.69. The van der Waals surface area contributed by atoms with E-state index in [0.29, 0.717) is 30.9 Å². The Kier molecular flexibility index (Phi) is 7.58. The number of nitrogens with one attached hydrogen (secondary N) is 3. The first kappa shape index (κ1) is 23.0. The molecule has 7 N–H and O–H groups in total. The molecule has 0 aliphatic heterocycles. The fraction of sp³-hybridized carbons (Fsp3) is 0.261. The van der Waals surface area contributed by atoms with Crippen molar-refractivity contribution in [2.24, 2.45) is 11.5 Å². The number of benzene rings is 2. The molecule has 0 aliphatic rings. The van der Waals surface area contributed by atoms with Crippen molar-refractivity contribution >= 4 is 28.5 Å². The van der Waals surface area contributed by atoms with Crippen molar-refractivity contribution in [3.8, 4) is 11.3 Å². The highest BCUT2D eigenvalue weighted by molar-refractivity contribution is 6.01. The Morgan fingerprint density at radius 3 is 2.25 bits per heavy atom. The van der Waals surface area contributed by atoms with Crippen LogP contribution in [0.2, 0.25) is 0 Å². The van der Waals surface area contributed by atoms with Crippen LogP contribution in [0, 0.1) is 10.8 Å². The average Bonchev–Trinajstić information content (AvgIpc) is 3.13. The summed E-state index contributed by atoms with van der Waals surface area (Å²) in [5.41, 5.74) is 15.5. The van der Waals surface area contributed by atoms with Crippen molar-refractivity contribution in [2.45, 2.75) is 6.42 Å². The number of carbonyl (C=O) groups is 1. The minimum absolute atomic E-state index is 0.0178. The van der Waals surface area contributed by atoms with Crippen LogP contribution >= 0.6 is 0 Å². The van der Waals surface area contributed by atoms with Gasteiger partial charge in [-0.25, -0.2) is 0 Å². The highest BCUT2D eigenvalue weighted by atomic mass is 16.6. The number of hydrogen-bond donors (Lipinski definition) is 5. The molecular weight excluding hydrogens is 410 g/mol. The molecule has 3 aromatic rings. The van der Waals surface area contributed by atoms with E-state index in [-0.39, 0.29) is 30.7 Å². The maximum absolute atomic E-state index is 12.5. The van der Waals surface area contributed by atoms with E-state index in [4.69, 9.17) is 36.5 Å². The molecule has 2 aromatic carbocycles. The van der Waals surface area contributed by atoms with E-state index >= 15 is 0 Å². The summed E-state index contributed by atoms with van der Waals surface area (Å²) in [5, 5.41) is 16.1. The number of carbonyl (C=O) groups excluding carboxylic acids is 1. The normalized spacial score (nSPS) is 10.9. The summed E-state index contributed by atoms with van der Waals surface area (Å²) in [6.45, 7) is 1.37. The number of esters is 1. The first-order chi connectivity index (χ1) is 15.4. The fourth-order valence-corrected chi connectivity index (χ4v) is 3.32. The Balaban J connectivity index is 1.86. The van der Waals surface area contributed by atoms with Crippen LogP contribution in [-0.4, -0.2) is 56.2 Å². The number of aromatic nitrogens is 1. The third-order valence-electron chi connectivity index (χ3n) is 4.95.